The third-order valence-electron chi connectivity index (χ3n) is 1.66. The van der Waals surface area contributed by atoms with Crippen molar-refractivity contribution < 1.29 is 4.79 Å². The van der Waals surface area contributed by atoms with Crippen LogP contribution < -0.4 is 0 Å². The zero-order valence-corrected chi connectivity index (χ0v) is 7.01. The molecule has 0 aliphatic carbocycles. The van der Waals surface area contributed by atoms with Crippen LogP contribution >= 0.6 is 0 Å². The molecule has 13 heavy (non-hydrogen) atoms. The van der Waals surface area contributed by atoms with Gasteiger partial charge in [0.1, 0.15) is 12.2 Å². The van der Waals surface area contributed by atoms with Gasteiger partial charge in [-0.2, -0.15) is 4.52 Å². The summed E-state index contributed by atoms with van der Waals surface area (Å²) in [6.45, 7) is 1.92. The molecule has 2 aromatic heterocycles. The summed E-state index contributed by atoms with van der Waals surface area (Å²) in [6, 6.07) is 0. The minimum Gasteiger partial charge on any atom is -0.296 e. The first-order valence-electron chi connectivity index (χ1n) is 3.87. The lowest BCUT2D eigenvalue weighted by molar-refractivity contribution is 0.111. The number of aromatic nitrogens is 5. The van der Waals surface area contributed by atoms with Crippen LogP contribution in [0.4, 0.5) is 0 Å². The smallest absolute Gasteiger partial charge is 0.206 e. The molecule has 0 spiro atoms. The molecular weight excluding hydrogens is 170 g/mol. The highest BCUT2D eigenvalue weighted by atomic mass is 16.1. The Labute approximate surface area is 73.6 Å². The fourth-order valence-electron chi connectivity index (χ4n) is 1.04. The van der Waals surface area contributed by atoms with Crippen LogP contribution in [0.3, 0.4) is 0 Å². The van der Waals surface area contributed by atoms with Crippen LogP contribution in [0, 0.1) is 0 Å². The van der Waals surface area contributed by atoms with Crippen molar-refractivity contribution in [3.8, 4) is 0 Å². The Morgan fingerprint density at radius 2 is 2.46 bits per heavy atom. The van der Waals surface area contributed by atoms with Crippen LogP contribution in [0.15, 0.2) is 6.33 Å². The molecule has 0 aliphatic heterocycles. The first kappa shape index (κ1) is 7.78. The lowest BCUT2D eigenvalue weighted by Crippen LogP contribution is -2.04. The number of nitrogens with zero attached hydrogens (tertiary/aromatic N) is 5. The molecule has 0 atom stereocenters. The zero-order valence-electron chi connectivity index (χ0n) is 7.01. The highest BCUT2D eigenvalue weighted by Crippen LogP contribution is 2.01. The van der Waals surface area contributed by atoms with Crippen LogP contribution in [-0.4, -0.2) is 31.1 Å². The molecule has 0 N–H and O–H groups in total. The minimum absolute atomic E-state index is 0.282. The molecule has 6 heteroatoms. The lowest BCUT2D eigenvalue weighted by atomic mass is 10.4. The molecule has 0 aromatic carbocycles. The van der Waals surface area contributed by atoms with E-state index < -0.39 is 0 Å². The Bertz CT molecular complexity index is 449. The van der Waals surface area contributed by atoms with E-state index in [0.29, 0.717) is 24.2 Å². The Morgan fingerprint density at radius 3 is 3.15 bits per heavy atom. The van der Waals surface area contributed by atoms with Crippen molar-refractivity contribution in [3.63, 3.8) is 0 Å². The maximum atomic E-state index is 10.6. The van der Waals surface area contributed by atoms with E-state index in [1.807, 2.05) is 6.92 Å². The third-order valence-corrected chi connectivity index (χ3v) is 1.66. The summed E-state index contributed by atoms with van der Waals surface area (Å²) in [4.78, 5) is 14.6. The van der Waals surface area contributed by atoms with Gasteiger partial charge in [-0.05, 0) is 0 Å². The number of hydrogen-bond acceptors (Lipinski definition) is 5. The van der Waals surface area contributed by atoms with Gasteiger partial charge in [-0.3, -0.25) is 4.79 Å². The van der Waals surface area contributed by atoms with Crippen molar-refractivity contribution in [1.82, 2.24) is 24.8 Å². The standard InChI is InChI=1S/C7H7N5O/c1-2-6-9-5(3-13)7-10-8-4-12(7)11-6/h3-4H,2H2,1H3. The second-order valence-corrected chi connectivity index (χ2v) is 2.48. The molecule has 0 radical (unpaired) electrons. The van der Waals surface area contributed by atoms with Crippen LogP contribution in [0.25, 0.3) is 5.65 Å². The molecule has 2 rings (SSSR count). The van der Waals surface area contributed by atoms with Crippen molar-refractivity contribution in [1.29, 1.82) is 0 Å². The van der Waals surface area contributed by atoms with Gasteiger partial charge in [0.05, 0.1) is 0 Å². The predicted molar refractivity (Wildman–Crippen MR) is 43.3 cm³/mol. The van der Waals surface area contributed by atoms with E-state index in [9.17, 15) is 4.79 Å². The van der Waals surface area contributed by atoms with E-state index in [2.05, 4.69) is 20.3 Å². The molecule has 0 bridgehead atoms. The molecule has 0 amide bonds. The van der Waals surface area contributed by atoms with Crippen molar-refractivity contribution >= 4 is 11.9 Å². The number of aldehydes is 1. The number of rotatable bonds is 2. The summed E-state index contributed by atoms with van der Waals surface area (Å²) in [5.74, 6) is 0.606. The van der Waals surface area contributed by atoms with E-state index in [1.54, 1.807) is 0 Å². The first-order chi connectivity index (χ1) is 6.35. The van der Waals surface area contributed by atoms with E-state index in [0.717, 1.165) is 0 Å². The highest BCUT2D eigenvalue weighted by Gasteiger charge is 2.06. The van der Waals surface area contributed by atoms with Crippen molar-refractivity contribution in [3.05, 3.63) is 17.8 Å². The number of hydrogen-bond donors (Lipinski definition) is 0. The summed E-state index contributed by atoms with van der Waals surface area (Å²) in [7, 11) is 0. The fraction of sp³-hybridized carbons (Fsp3) is 0.286. The summed E-state index contributed by atoms with van der Waals surface area (Å²) >= 11 is 0. The first-order valence-corrected chi connectivity index (χ1v) is 3.87. The Morgan fingerprint density at radius 1 is 1.62 bits per heavy atom. The monoisotopic (exact) mass is 177 g/mol. The predicted octanol–water partition coefficient (Wildman–Crippen LogP) is -0.106. The number of carbonyl (C=O) groups excluding carboxylic acids is 1. The lowest BCUT2D eigenvalue weighted by Gasteiger charge is -1.97. The average molecular weight is 177 g/mol. The third kappa shape index (κ3) is 1.16. The molecule has 6 nitrogen and oxygen atoms in total. The maximum absolute atomic E-state index is 10.6. The highest BCUT2D eigenvalue weighted by molar-refractivity contribution is 5.80. The fourth-order valence-corrected chi connectivity index (χ4v) is 1.04. The molecule has 0 aliphatic rings. The van der Waals surface area contributed by atoms with E-state index in [4.69, 9.17) is 0 Å². The molecule has 0 saturated carbocycles. The molecule has 0 unspecified atom stereocenters. The second-order valence-electron chi connectivity index (χ2n) is 2.48. The number of fused-ring (bicyclic) bond motifs is 1. The van der Waals surface area contributed by atoms with E-state index in [1.165, 1.54) is 10.8 Å². The summed E-state index contributed by atoms with van der Waals surface area (Å²) < 4.78 is 1.45. The van der Waals surface area contributed by atoms with Crippen LogP contribution in [0.5, 0.6) is 0 Å². The molecule has 0 fully saturated rings. The average Bonchev–Trinajstić information content (AvgIpc) is 2.63. The second kappa shape index (κ2) is 2.89. The van der Waals surface area contributed by atoms with Gasteiger partial charge >= 0.3 is 0 Å². The Hall–Kier alpha value is -1.85. The van der Waals surface area contributed by atoms with Gasteiger partial charge in [-0.15, -0.1) is 15.3 Å². The molecule has 2 heterocycles. The molecule has 66 valence electrons. The minimum atomic E-state index is 0.282. The summed E-state index contributed by atoms with van der Waals surface area (Å²) in [5, 5.41) is 11.4. The summed E-state index contributed by atoms with van der Waals surface area (Å²) in [6.07, 6.45) is 2.78. The van der Waals surface area contributed by atoms with Crippen LogP contribution in [0.2, 0.25) is 0 Å². The van der Waals surface area contributed by atoms with E-state index in [-0.39, 0.29) is 5.69 Å². The molecular formula is C7H7N5O. The van der Waals surface area contributed by atoms with E-state index >= 15 is 0 Å². The SMILES string of the molecule is CCc1nc(C=O)c2nncn2n1. The van der Waals surface area contributed by atoms with Gasteiger partial charge in [-0.1, -0.05) is 6.92 Å². The maximum Gasteiger partial charge on any atom is 0.206 e. The van der Waals surface area contributed by atoms with Crippen LogP contribution in [0.1, 0.15) is 23.2 Å². The van der Waals surface area contributed by atoms with Gasteiger partial charge < -0.3 is 0 Å². The molecule has 2 aromatic rings. The number of carbonyl (C=O) groups is 1. The zero-order chi connectivity index (χ0) is 9.26. The normalized spacial score (nSPS) is 10.5. The van der Waals surface area contributed by atoms with Gasteiger partial charge in [0.2, 0.25) is 5.65 Å². The van der Waals surface area contributed by atoms with Crippen LogP contribution in [-0.2, 0) is 6.42 Å². The Balaban J connectivity index is 2.77. The quantitative estimate of drug-likeness (QED) is 0.598. The van der Waals surface area contributed by atoms with Gasteiger partial charge in [0, 0.05) is 6.42 Å². The summed E-state index contributed by atoms with van der Waals surface area (Å²) in [5.41, 5.74) is 0.677. The van der Waals surface area contributed by atoms with Crippen molar-refractivity contribution in [2.75, 3.05) is 0 Å². The van der Waals surface area contributed by atoms with Crippen molar-refractivity contribution in [2.24, 2.45) is 0 Å². The topological polar surface area (TPSA) is 73.0 Å². The van der Waals surface area contributed by atoms with Gasteiger partial charge in [0.15, 0.2) is 12.0 Å². The number of aryl methyl sites for hydroxylation is 1. The van der Waals surface area contributed by atoms with Gasteiger partial charge in [-0.25, -0.2) is 4.98 Å². The molecule has 0 saturated heterocycles. The van der Waals surface area contributed by atoms with Gasteiger partial charge in [0.25, 0.3) is 0 Å². The largest absolute Gasteiger partial charge is 0.296 e. The van der Waals surface area contributed by atoms with Crippen molar-refractivity contribution in [2.45, 2.75) is 13.3 Å². The Kier molecular flexibility index (Phi) is 1.73.